The van der Waals surface area contributed by atoms with Gasteiger partial charge in [-0.2, -0.15) is 10.2 Å². The lowest BCUT2D eigenvalue weighted by atomic mass is 9.95. The average molecular weight is 340 g/mol. The molecule has 0 saturated heterocycles. The predicted octanol–water partition coefficient (Wildman–Crippen LogP) is 5.51. The zero-order chi connectivity index (χ0) is 17.8. The van der Waals surface area contributed by atoms with E-state index in [-0.39, 0.29) is 5.82 Å². The zero-order valence-corrected chi connectivity index (χ0v) is 14.1. The third-order valence-corrected chi connectivity index (χ3v) is 4.34. The van der Waals surface area contributed by atoms with Crippen molar-refractivity contribution in [2.24, 2.45) is 10.2 Å². The Morgan fingerprint density at radius 1 is 0.615 bits per heavy atom. The van der Waals surface area contributed by atoms with Crippen LogP contribution in [0.4, 0.5) is 4.39 Å². The van der Waals surface area contributed by atoms with E-state index in [1.54, 1.807) is 12.1 Å². The molecule has 0 spiro atoms. The maximum absolute atomic E-state index is 13.4. The molecule has 0 aliphatic carbocycles. The summed E-state index contributed by atoms with van der Waals surface area (Å²) in [6, 6.07) is 26.6. The summed E-state index contributed by atoms with van der Waals surface area (Å²) in [5, 5.41) is 9.02. The van der Waals surface area contributed by atoms with Crippen LogP contribution >= 0.6 is 0 Å². The Morgan fingerprint density at radius 3 is 1.88 bits per heavy atom. The van der Waals surface area contributed by atoms with Gasteiger partial charge >= 0.3 is 0 Å². The Balaban J connectivity index is 1.81. The molecule has 0 aromatic heterocycles. The Morgan fingerprint density at radius 2 is 1.23 bits per heavy atom. The molecule has 0 N–H and O–H groups in total. The van der Waals surface area contributed by atoms with E-state index < -0.39 is 0 Å². The second kappa shape index (κ2) is 7.28. The van der Waals surface area contributed by atoms with E-state index >= 15 is 0 Å². The van der Waals surface area contributed by atoms with Gasteiger partial charge in [-0.1, -0.05) is 72.8 Å². The fourth-order valence-corrected chi connectivity index (χ4v) is 2.96. The van der Waals surface area contributed by atoms with Gasteiger partial charge in [0.1, 0.15) is 5.82 Å². The van der Waals surface area contributed by atoms with Crippen molar-refractivity contribution in [1.29, 1.82) is 0 Å². The van der Waals surface area contributed by atoms with Crippen molar-refractivity contribution in [2.45, 2.75) is 6.42 Å². The second-order valence-corrected chi connectivity index (χ2v) is 6.12. The number of allylic oxidation sites excluding steroid dienone is 2. The summed E-state index contributed by atoms with van der Waals surface area (Å²) < 4.78 is 13.4. The number of hydrogen-bond donors (Lipinski definition) is 0. The van der Waals surface area contributed by atoms with E-state index in [0.29, 0.717) is 6.42 Å². The van der Waals surface area contributed by atoms with E-state index in [0.717, 1.165) is 33.7 Å². The Kier molecular flexibility index (Phi) is 4.52. The number of hydrogen-bond acceptors (Lipinski definition) is 2. The third-order valence-electron chi connectivity index (χ3n) is 4.34. The fraction of sp³-hybridized carbons (Fsp3) is 0.0435. The zero-order valence-electron chi connectivity index (χ0n) is 14.1. The summed E-state index contributed by atoms with van der Waals surface area (Å²) in [6.45, 7) is 0. The SMILES string of the molecule is Fc1ccc(C2=CC(c3ccccc3)=NN=C(c3ccccc3)C2)cc1. The lowest BCUT2D eigenvalue weighted by Gasteiger charge is -2.09. The molecule has 0 radical (unpaired) electrons. The molecule has 0 unspecified atom stereocenters. The van der Waals surface area contributed by atoms with E-state index in [1.807, 2.05) is 66.7 Å². The maximum atomic E-state index is 13.4. The largest absolute Gasteiger partial charge is 0.207 e. The molecule has 3 heteroatoms. The lowest BCUT2D eigenvalue weighted by Crippen LogP contribution is -2.01. The molecule has 3 aromatic rings. The van der Waals surface area contributed by atoms with E-state index in [2.05, 4.69) is 10.2 Å². The van der Waals surface area contributed by atoms with Crippen molar-refractivity contribution in [2.75, 3.05) is 0 Å². The molecule has 1 aliphatic heterocycles. The van der Waals surface area contributed by atoms with Gasteiger partial charge in [-0.15, -0.1) is 0 Å². The third kappa shape index (κ3) is 3.52. The van der Waals surface area contributed by atoms with Gasteiger partial charge in [0.15, 0.2) is 0 Å². The second-order valence-electron chi connectivity index (χ2n) is 6.12. The van der Waals surface area contributed by atoms with Gasteiger partial charge in [0.25, 0.3) is 0 Å². The highest BCUT2D eigenvalue weighted by molar-refractivity contribution is 6.17. The first kappa shape index (κ1) is 16.2. The van der Waals surface area contributed by atoms with Gasteiger partial charge in [0, 0.05) is 12.0 Å². The summed E-state index contributed by atoms with van der Waals surface area (Å²) in [7, 11) is 0. The van der Waals surface area contributed by atoms with E-state index in [9.17, 15) is 4.39 Å². The van der Waals surface area contributed by atoms with Crippen LogP contribution in [0.2, 0.25) is 0 Å². The van der Waals surface area contributed by atoms with Crippen LogP contribution in [0, 0.1) is 5.82 Å². The first-order valence-corrected chi connectivity index (χ1v) is 8.51. The van der Waals surface area contributed by atoms with Crippen molar-refractivity contribution in [3.63, 3.8) is 0 Å². The topological polar surface area (TPSA) is 24.7 Å². The van der Waals surface area contributed by atoms with Crippen molar-refractivity contribution < 1.29 is 4.39 Å². The van der Waals surface area contributed by atoms with Gasteiger partial charge in [0.2, 0.25) is 0 Å². The van der Waals surface area contributed by atoms with Crippen molar-refractivity contribution >= 4 is 17.0 Å². The van der Waals surface area contributed by atoms with Crippen LogP contribution in [-0.2, 0) is 0 Å². The van der Waals surface area contributed by atoms with Gasteiger partial charge in [-0.3, -0.25) is 0 Å². The molecule has 26 heavy (non-hydrogen) atoms. The normalized spacial score (nSPS) is 14.1. The summed E-state index contributed by atoms with van der Waals surface area (Å²) in [4.78, 5) is 0. The first-order valence-electron chi connectivity index (χ1n) is 8.51. The number of nitrogens with zero attached hydrogens (tertiary/aromatic N) is 2. The van der Waals surface area contributed by atoms with Gasteiger partial charge < -0.3 is 0 Å². The van der Waals surface area contributed by atoms with Gasteiger partial charge in [0.05, 0.1) is 11.4 Å². The van der Waals surface area contributed by atoms with Crippen LogP contribution < -0.4 is 0 Å². The first-order chi connectivity index (χ1) is 12.8. The molecule has 0 amide bonds. The summed E-state index contributed by atoms with van der Waals surface area (Å²) in [5.41, 5.74) is 5.78. The van der Waals surface area contributed by atoms with Crippen LogP contribution in [0.3, 0.4) is 0 Å². The highest BCUT2D eigenvalue weighted by atomic mass is 19.1. The van der Waals surface area contributed by atoms with Crippen LogP contribution in [0.25, 0.3) is 5.57 Å². The molecule has 4 rings (SSSR count). The summed E-state index contributed by atoms with van der Waals surface area (Å²) in [6.07, 6.45) is 2.68. The standard InChI is InChI=1S/C23H17FN2/c24-21-13-11-17(12-14-21)20-15-22(18-7-3-1-4-8-18)25-26-23(16-20)19-9-5-2-6-10-19/h1-15H,16H2. The number of rotatable bonds is 3. The quantitative estimate of drug-likeness (QED) is 0.601. The monoisotopic (exact) mass is 340 g/mol. The maximum Gasteiger partial charge on any atom is 0.123 e. The molecular weight excluding hydrogens is 323 g/mol. The van der Waals surface area contributed by atoms with Crippen LogP contribution in [0.15, 0.2) is 101 Å². The summed E-state index contributed by atoms with van der Waals surface area (Å²) in [5.74, 6) is -0.239. The highest BCUT2D eigenvalue weighted by Gasteiger charge is 2.14. The van der Waals surface area contributed by atoms with E-state index in [1.165, 1.54) is 12.1 Å². The van der Waals surface area contributed by atoms with Crippen LogP contribution in [0.5, 0.6) is 0 Å². The minimum Gasteiger partial charge on any atom is -0.207 e. The van der Waals surface area contributed by atoms with Crippen LogP contribution in [0.1, 0.15) is 23.1 Å². The molecule has 2 nitrogen and oxygen atoms in total. The Bertz CT molecular complexity index is 985. The molecule has 0 atom stereocenters. The minimum atomic E-state index is -0.239. The van der Waals surface area contributed by atoms with Crippen molar-refractivity contribution in [1.82, 2.24) is 0 Å². The lowest BCUT2D eigenvalue weighted by molar-refractivity contribution is 0.627. The molecule has 1 aliphatic rings. The number of halogens is 1. The van der Waals surface area contributed by atoms with Gasteiger partial charge in [-0.05, 0) is 34.9 Å². The summed E-state index contributed by atoms with van der Waals surface area (Å²) >= 11 is 0. The number of benzene rings is 3. The molecular formula is C23H17FN2. The van der Waals surface area contributed by atoms with Crippen LogP contribution in [-0.4, -0.2) is 11.4 Å². The molecule has 1 heterocycles. The smallest absolute Gasteiger partial charge is 0.123 e. The molecule has 0 fully saturated rings. The fourth-order valence-electron chi connectivity index (χ4n) is 2.96. The molecule has 126 valence electrons. The molecule has 3 aromatic carbocycles. The Hall–Kier alpha value is -3.33. The minimum absolute atomic E-state index is 0.239. The Labute approximate surface area is 152 Å². The molecule has 0 saturated carbocycles. The van der Waals surface area contributed by atoms with Crippen molar-refractivity contribution in [3.8, 4) is 0 Å². The van der Waals surface area contributed by atoms with Gasteiger partial charge in [-0.25, -0.2) is 4.39 Å². The van der Waals surface area contributed by atoms with E-state index in [4.69, 9.17) is 0 Å². The highest BCUT2D eigenvalue weighted by Crippen LogP contribution is 2.25. The van der Waals surface area contributed by atoms with Crippen molar-refractivity contribution in [3.05, 3.63) is 114 Å². The molecule has 0 bridgehead atoms. The predicted molar refractivity (Wildman–Crippen MR) is 105 cm³/mol. The average Bonchev–Trinajstić information content (AvgIpc) is 2.93.